The van der Waals surface area contributed by atoms with Crippen LogP contribution in [0, 0.1) is 5.92 Å². The minimum atomic E-state index is -1.20. The Morgan fingerprint density at radius 1 is 1.31 bits per heavy atom. The van der Waals surface area contributed by atoms with Crippen LogP contribution < -0.4 is 16.4 Å². The predicted octanol–water partition coefficient (Wildman–Crippen LogP) is 4.02. The van der Waals surface area contributed by atoms with E-state index in [0.717, 1.165) is 0 Å². The summed E-state index contributed by atoms with van der Waals surface area (Å²) in [6.07, 6.45) is 2.20. The molecule has 0 bridgehead atoms. The molecule has 0 saturated heterocycles. The molecule has 8 nitrogen and oxygen atoms in total. The number of benzene rings is 1. The minimum absolute atomic E-state index is 0.0654. The third-order valence-corrected chi connectivity index (χ3v) is 4.49. The van der Waals surface area contributed by atoms with E-state index < -0.39 is 18.1 Å². The molecule has 5 N–H and O–H groups in total. The smallest absolute Gasteiger partial charge is 0.405 e. The molecule has 0 aliphatic heterocycles. The Morgan fingerprint density at radius 2 is 2.03 bits per heavy atom. The Morgan fingerprint density at radius 3 is 2.66 bits per heavy atom. The number of rotatable bonds is 8. The lowest BCUT2D eigenvalue weighted by molar-refractivity contribution is -0.118. The Bertz CT molecular complexity index is 948. The van der Waals surface area contributed by atoms with Crippen molar-refractivity contribution in [1.82, 2.24) is 15.5 Å². The van der Waals surface area contributed by atoms with Crippen molar-refractivity contribution in [2.24, 2.45) is 5.92 Å². The van der Waals surface area contributed by atoms with E-state index >= 15 is 0 Å². The number of amides is 2. The van der Waals surface area contributed by atoms with Gasteiger partial charge in [0, 0.05) is 16.8 Å². The summed E-state index contributed by atoms with van der Waals surface area (Å²) in [6, 6.07) is 5.93. The predicted molar refractivity (Wildman–Crippen MR) is 114 cm³/mol. The van der Waals surface area contributed by atoms with E-state index in [1.54, 1.807) is 37.3 Å². The lowest BCUT2D eigenvalue weighted by atomic mass is 10.0. The number of nitrogens with zero attached hydrogens (tertiary/aromatic N) is 2. The molecule has 9 heteroatoms. The van der Waals surface area contributed by atoms with Gasteiger partial charge in [-0.25, -0.2) is 4.79 Å². The highest BCUT2D eigenvalue weighted by molar-refractivity contribution is 6.30. The second-order valence-electron chi connectivity index (χ2n) is 6.32. The first-order valence-electron chi connectivity index (χ1n) is 8.73. The lowest BCUT2D eigenvalue weighted by Gasteiger charge is -2.18. The van der Waals surface area contributed by atoms with Crippen LogP contribution in [0.4, 0.5) is 16.2 Å². The third-order valence-electron chi connectivity index (χ3n) is 4.20. The number of hydrogen-bond acceptors (Lipinski definition) is 5. The molecule has 1 aromatic heterocycles. The van der Waals surface area contributed by atoms with Crippen LogP contribution in [0.25, 0.3) is 11.3 Å². The summed E-state index contributed by atoms with van der Waals surface area (Å²) in [4.78, 5) is 23.4. The largest absolute Gasteiger partial charge is 0.465 e. The topological polar surface area (TPSA) is 130 Å². The molecule has 2 rings (SSSR count). The van der Waals surface area contributed by atoms with Crippen LogP contribution in [0.1, 0.15) is 24.9 Å². The van der Waals surface area contributed by atoms with Crippen LogP contribution >= 0.6 is 11.6 Å². The second kappa shape index (κ2) is 9.70. The molecule has 0 fully saturated rings. The van der Waals surface area contributed by atoms with E-state index in [2.05, 4.69) is 34.0 Å². The fourth-order valence-corrected chi connectivity index (χ4v) is 2.81. The summed E-state index contributed by atoms with van der Waals surface area (Å²) < 4.78 is 0. The molecule has 2 amide bonds. The van der Waals surface area contributed by atoms with Gasteiger partial charge in [0.1, 0.15) is 0 Å². The quantitative estimate of drug-likeness (QED) is 0.380. The Labute approximate surface area is 173 Å². The number of nitrogens with one attached hydrogen (secondary N) is 2. The first-order valence-corrected chi connectivity index (χ1v) is 9.11. The van der Waals surface area contributed by atoms with Crippen molar-refractivity contribution < 1.29 is 14.7 Å². The van der Waals surface area contributed by atoms with Crippen molar-refractivity contribution >= 4 is 35.0 Å². The third kappa shape index (κ3) is 5.55. The normalized spacial score (nSPS) is 12.5. The Kier molecular flexibility index (Phi) is 7.33. The summed E-state index contributed by atoms with van der Waals surface area (Å²) >= 11 is 6.17. The van der Waals surface area contributed by atoms with E-state index in [1.807, 2.05) is 0 Å². The van der Waals surface area contributed by atoms with E-state index in [9.17, 15) is 9.59 Å². The summed E-state index contributed by atoms with van der Waals surface area (Å²) in [5.41, 5.74) is 8.16. The highest BCUT2D eigenvalue weighted by atomic mass is 35.5. The zero-order chi connectivity index (χ0) is 21.6. The van der Waals surface area contributed by atoms with Gasteiger partial charge < -0.3 is 21.5 Å². The minimum Gasteiger partial charge on any atom is -0.465 e. The molecule has 0 radical (unpaired) electrons. The van der Waals surface area contributed by atoms with Crippen LogP contribution in [0.5, 0.6) is 0 Å². The second-order valence-corrected chi connectivity index (χ2v) is 6.68. The van der Waals surface area contributed by atoms with Crippen LogP contribution in [0.15, 0.2) is 49.6 Å². The van der Waals surface area contributed by atoms with Gasteiger partial charge in [0.25, 0.3) is 0 Å². The highest BCUT2D eigenvalue weighted by Crippen LogP contribution is 2.32. The van der Waals surface area contributed by atoms with Gasteiger partial charge in [-0.3, -0.25) is 4.79 Å². The zero-order valence-electron chi connectivity index (χ0n) is 15.9. The number of hydrogen-bond donors (Lipinski definition) is 4. The summed E-state index contributed by atoms with van der Waals surface area (Å²) in [5, 5.41) is 22.4. The van der Waals surface area contributed by atoms with E-state index in [-0.39, 0.29) is 11.1 Å². The number of carbonyl (C=O) groups excluding carboxylic acids is 1. The van der Waals surface area contributed by atoms with Crippen molar-refractivity contribution in [2.45, 2.75) is 19.4 Å². The monoisotopic (exact) mass is 415 g/mol. The lowest BCUT2D eigenvalue weighted by Crippen LogP contribution is -2.27. The molecule has 29 heavy (non-hydrogen) atoms. The number of carboxylic acid groups (broad SMARTS) is 1. The molecule has 2 atom stereocenters. The standard InChI is InChI=1S/C20H22ClN5O3/c1-4-6-15(24-20(28)29)14-10-17(25-26-18(14)21)13-8-7-12(22)9-16(13)23-19(27)11(3)5-2/h4-5,7-11,15,24H,1-2,6,22H2,3H3,(H,23,27)(H,28,29)/t11?,15-/m0/s1. The first-order chi connectivity index (χ1) is 13.8. The molecule has 1 heterocycles. The Balaban J connectivity index is 2.52. The van der Waals surface area contributed by atoms with Crippen molar-refractivity contribution in [3.63, 3.8) is 0 Å². The van der Waals surface area contributed by atoms with E-state index in [0.29, 0.717) is 34.6 Å². The maximum absolute atomic E-state index is 12.3. The number of nitrogens with two attached hydrogens (primary N) is 1. The average molecular weight is 416 g/mol. The van der Waals surface area contributed by atoms with Crippen molar-refractivity contribution in [2.75, 3.05) is 11.1 Å². The number of anilines is 2. The average Bonchev–Trinajstić information content (AvgIpc) is 2.67. The van der Waals surface area contributed by atoms with Gasteiger partial charge in [-0.05, 0) is 30.7 Å². The van der Waals surface area contributed by atoms with Crippen LogP contribution in [-0.2, 0) is 4.79 Å². The Hall–Kier alpha value is -3.39. The fraction of sp³-hybridized carbons (Fsp3) is 0.200. The number of aromatic nitrogens is 2. The van der Waals surface area contributed by atoms with Gasteiger partial charge in [0.05, 0.1) is 23.3 Å². The van der Waals surface area contributed by atoms with E-state index in [1.165, 1.54) is 6.08 Å². The van der Waals surface area contributed by atoms with Crippen LogP contribution in [0.2, 0.25) is 5.15 Å². The van der Waals surface area contributed by atoms with Gasteiger partial charge in [-0.1, -0.05) is 30.7 Å². The molecule has 2 aromatic rings. The number of halogens is 1. The molecule has 1 unspecified atom stereocenters. The van der Waals surface area contributed by atoms with Gasteiger partial charge in [-0.2, -0.15) is 0 Å². The molecule has 0 aliphatic rings. The maximum Gasteiger partial charge on any atom is 0.405 e. The molecule has 0 spiro atoms. The van der Waals surface area contributed by atoms with Crippen molar-refractivity contribution in [3.05, 3.63) is 60.3 Å². The van der Waals surface area contributed by atoms with Gasteiger partial charge >= 0.3 is 6.09 Å². The molecule has 0 saturated carbocycles. The molecule has 152 valence electrons. The molecule has 1 aromatic carbocycles. The van der Waals surface area contributed by atoms with E-state index in [4.69, 9.17) is 22.4 Å². The van der Waals surface area contributed by atoms with Gasteiger partial charge in [0.2, 0.25) is 5.91 Å². The number of carbonyl (C=O) groups is 2. The zero-order valence-corrected chi connectivity index (χ0v) is 16.6. The first kappa shape index (κ1) is 21.9. The van der Waals surface area contributed by atoms with Crippen molar-refractivity contribution in [1.29, 1.82) is 0 Å². The molecular weight excluding hydrogens is 394 g/mol. The fourth-order valence-electron chi connectivity index (χ4n) is 2.59. The van der Waals surface area contributed by atoms with Crippen LogP contribution in [0.3, 0.4) is 0 Å². The van der Waals surface area contributed by atoms with Gasteiger partial charge in [0.15, 0.2) is 5.15 Å². The number of nitrogen functional groups attached to an aromatic ring is 1. The summed E-state index contributed by atoms with van der Waals surface area (Å²) in [5.74, 6) is -0.668. The molecule has 0 aliphatic carbocycles. The van der Waals surface area contributed by atoms with Gasteiger partial charge in [-0.15, -0.1) is 23.4 Å². The summed E-state index contributed by atoms with van der Waals surface area (Å²) in [6.45, 7) is 8.98. The SMILES string of the molecule is C=CC[C@H](NC(=O)O)c1cc(-c2ccc(N)cc2NC(=O)C(C)C=C)nnc1Cl. The highest BCUT2D eigenvalue weighted by Gasteiger charge is 2.20. The van der Waals surface area contributed by atoms with Crippen LogP contribution in [-0.4, -0.2) is 27.3 Å². The molecular formula is C20H22ClN5O3. The summed E-state index contributed by atoms with van der Waals surface area (Å²) in [7, 11) is 0. The maximum atomic E-state index is 12.3. The van der Waals surface area contributed by atoms with Crippen molar-refractivity contribution in [3.8, 4) is 11.3 Å².